The fourth-order valence-electron chi connectivity index (χ4n) is 2.14. The summed E-state index contributed by atoms with van der Waals surface area (Å²) >= 11 is 0. The molecule has 0 saturated carbocycles. The summed E-state index contributed by atoms with van der Waals surface area (Å²) in [7, 11) is 0. The van der Waals surface area contributed by atoms with E-state index in [4.69, 9.17) is 4.74 Å². The summed E-state index contributed by atoms with van der Waals surface area (Å²) in [4.78, 5) is 0. The van der Waals surface area contributed by atoms with Crippen LogP contribution >= 0.6 is 0 Å². The molecule has 0 radical (unpaired) electrons. The Bertz CT molecular complexity index is 600. The number of rotatable bonds is 3. The van der Waals surface area contributed by atoms with Gasteiger partial charge in [-0.2, -0.15) is 0 Å². The summed E-state index contributed by atoms with van der Waals surface area (Å²) in [6.07, 6.45) is 0. The van der Waals surface area contributed by atoms with Crippen molar-refractivity contribution in [2.45, 2.75) is 34.3 Å². The molecule has 0 atom stereocenters. The highest BCUT2D eigenvalue weighted by Gasteiger charge is 2.06. The van der Waals surface area contributed by atoms with Crippen molar-refractivity contribution in [1.82, 2.24) is 0 Å². The first kappa shape index (κ1) is 13.6. The van der Waals surface area contributed by atoms with E-state index in [1.165, 1.54) is 11.1 Å². The van der Waals surface area contributed by atoms with Crippen molar-refractivity contribution in [1.29, 1.82) is 0 Å². The van der Waals surface area contributed by atoms with E-state index in [1.54, 1.807) is 0 Å². The molecule has 0 saturated heterocycles. The van der Waals surface area contributed by atoms with Gasteiger partial charge in [-0.25, -0.2) is 0 Å². The Balaban J connectivity index is 2.33. The molecule has 2 rings (SSSR count). The van der Waals surface area contributed by atoms with Gasteiger partial charge >= 0.3 is 0 Å². The van der Waals surface area contributed by atoms with Gasteiger partial charge in [0.1, 0.15) is 11.5 Å². The Labute approximate surface area is 114 Å². The van der Waals surface area contributed by atoms with Crippen molar-refractivity contribution < 1.29 is 9.84 Å². The fourth-order valence-corrected chi connectivity index (χ4v) is 2.14. The topological polar surface area (TPSA) is 29.5 Å². The first-order valence-corrected chi connectivity index (χ1v) is 6.47. The van der Waals surface area contributed by atoms with Crippen LogP contribution in [0.4, 0.5) is 0 Å². The van der Waals surface area contributed by atoms with Gasteiger partial charge in [-0.3, -0.25) is 0 Å². The average molecular weight is 256 g/mol. The van der Waals surface area contributed by atoms with E-state index in [-0.39, 0.29) is 6.61 Å². The van der Waals surface area contributed by atoms with Crippen LogP contribution in [0.25, 0.3) is 0 Å². The van der Waals surface area contributed by atoms with Crippen LogP contribution in [0, 0.1) is 27.7 Å². The highest BCUT2D eigenvalue weighted by molar-refractivity contribution is 5.45. The normalized spacial score (nSPS) is 10.6. The van der Waals surface area contributed by atoms with Crippen molar-refractivity contribution in [2.75, 3.05) is 0 Å². The number of aliphatic hydroxyl groups excluding tert-OH is 1. The summed E-state index contributed by atoms with van der Waals surface area (Å²) in [5, 5.41) is 9.18. The second-order valence-electron chi connectivity index (χ2n) is 5.05. The number of aliphatic hydroxyl groups is 1. The molecule has 2 heteroatoms. The predicted molar refractivity (Wildman–Crippen MR) is 77.8 cm³/mol. The maximum Gasteiger partial charge on any atom is 0.130 e. The lowest BCUT2D eigenvalue weighted by molar-refractivity contribution is 0.281. The Kier molecular flexibility index (Phi) is 3.91. The van der Waals surface area contributed by atoms with Crippen molar-refractivity contribution in [3.63, 3.8) is 0 Å². The minimum Gasteiger partial charge on any atom is -0.457 e. The molecule has 0 aliphatic rings. The Hall–Kier alpha value is -1.80. The van der Waals surface area contributed by atoms with Gasteiger partial charge in [-0.15, -0.1) is 0 Å². The lowest BCUT2D eigenvalue weighted by atomic mass is 10.1. The summed E-state index contributed by atoms with van der Waals surface area (Å²) in [5.74, 6) is 1.71. The molecule has 0 unspecified atom stereocenters. The van der Waals surface area contributed by atoms with Crippen LogP contribution in [0.1, 0.15) is 27.8 Å². The van der Waals surface area contributed by atoms with E-state index in [0.29, 0.717) is 0 Å². The van der Waals surface area contributed by atoms with Crippen molar-refractivity contribution in [2.24, 2.45) is 0 Å². The lowest BCUT2D eigenvalue weighted by Gasteiger charge is -2.13. The molecule has 2 aromatic carbocycles. The van der Waals surface area contributed by atoms with Gasteiger partial charge in [0.2, 0.25) is 0 Å². The molecular formula is C17H20O2. The molecule has 0 bridgehead atoms. The highest BCUT2D eigenvalue weighted by atomic mass is 16.5. The van der Waals surface area contributed by atoms with E-state index < -0.39 is 0 Å². The van der Waals surface area contributed by atoms with Gasteiger partial charge in [0, 0.05) is 0 Å². The third-order valence-corrected chi connectivity index (χ3v) is 3.48. The molecule has 0 amide bonds. The first-order valence-electron chi connectivity index (χ1n) is 6.47. The van der Waals surface area contributed by atoms with E-state index in [0.717, 1.165) is 28.2 Å². The van der Waals surface area contributed by atoms with Crippen LogP contribution in [0.2, 0.25) is 0 Å². The van der Waals surface area contributed by atoms with Crippen LogP contribution in [0.3, 0.4) is 0 Å². The van der Waals surface area contributed by atoms with Crippen LogP contribution < -0.4 is 4.74 Å². The molecular weight excluding hydrogens is 236 g/mol. The predicted octanol–water partition coefficient (Wildman–Crippen LogP) is 4.20. The minimum atomic E-state index is 0.0642. The molecule has 0 heterocycles. The maximum atomic E-state index is 9.18. The number of ether oxygens (including phenoxy) is 1. The monoisotopic (exact) mass is 256 g/mol. The molecule has 0 aromatic heterocycles. The molecule has 19 heavy (non-hydrogen) atoms. The number of benzene rings is 2. The van der Waals surface area contributed by atoms with Crippen LogP contribution in [-0.2, 0) is 6.61 Å². The van der Waals surface area contributed by atoms with E-state index in [1.807, 2.05) is 25.1 Å². The summed E-state index contributed by atoms with van der Waals surface area (Å²) in [5.41, 5.74) is 5.57. The average Bonchev–Trinajstić information content (AvgIpc) is 2.35. The molecule has 1 N–H and O–H groups in total. The second kappa shape index (κ2) is 5.45. The van der Waals surface area contributed by atoms with Gasteiger partial charge in [0.25, 0.3) is 0 Å². The van der Waals surface area contributed by atoms with Gasteiger partial charge in [-0.1, -0.05) is 12.1 Å². The first-order chi connectivity index (χ1) is 9.01. The van der Waals surface area contributed by atoms with E-state index in [9.17, 15) is 5.11 Å². The molecule has 0 spiro atoms. The van der Waals surface area contributed by atoms with Gasteiger partial charge in [0.15, 0.2) is 0 Å². The molecule has 0 fully saturated rings. The molecule has 2 aromatic rings. The summed E-state index contributed by atoms with van der Waals surface area (Å²) in [6, 6.07) is 9.97. The lowest BCUT2D eigenvalue weighted by Crippen LogP contribution is -1.94. The minimum absolute atomic E-state index is 0.0642. The van der Waals surface area contributed by atoms with Crippen molar-refractivity contribution in [3.05, 3.63) is 58.1 Å². The third kappa shape index (κ3) is 2.96. The zero-order chi connectivity index (χ0) is 14.0. The maximum absolute atomic E-state index is 9.18. The largest absolute Gasteiger partial charge is 0.457 e. The molecule has 100 valence electrons. The number of hydrogen-bond donors (Lipinski definition) is 1. The van der Waals surface area contributed by atoms with Crippen molar-refractivity contribution in [3.8, 4) is 11.5 Å². The Morgan fingerprint density at radius 1 is 0.947 bits per heavy atom. The standard InChI is InChI=1S/C17H20O2/c1-11-7-12(2)14(4)17(8-11)19-16-6-5-15(10-18)13(3)9-16/h5-9,18H,10H2,1-4H3. The van der Waals surface area contributed by atoms with Crippen molar-refractivity contribution >= 4 is 0 Å². The van der Waals surface area contributed by atoms with Crippen LogP contribution in [0.5, 0.6) is 11.5 Å². The second-order valence-corrected chi connectivity index (χ2v) is 5.05. The van der Waals surface area contributed by atoms with Gasteiger partial charge in [0.05, 0.1) is 6.61 Å². The van der Waals surface area contributed by atoms with E-state index in [2.05, 4.69) is 32.9 Å². The molecule has 0 aliphatic heterocycles. The Morgan fingerprint density at radius 3 is 2.32 bits per heavy atom. The fraction of sp³-hybridized carbons (Fsp3) is 0.294. The zero-order valence-electron chi connectivity index (χ0n) is 11.9. The summed E-state index contributed by atoms with van der Waals surface area (Å²) < 4.78 is 5.97. The Morgan fingerprint density at radius 2 is 1.68 bits per heavy atom. The SMILES string of the molecule is Cc1cc(C)c(C)c(Oc2ccc(CO)c(C)c2)c1. The van der Waals surface area contributed by atoms with Gasteiger partial charge in [-0.05, 0) is 73.7 Å². The van der Waals surface area contributed by atoms with E-state index >= 15 is 0 Å². The highest BCUT2D eigenvalue weighted by Crippen LogP contribution is 2.29. The molecule has 2 nitrogen and oxygen atoms in total. The molecule has 0 aliphatic carbocycles. The summed E-state index contributed by atoms with van der Waals surface area (Å²) in [6.45, 7) is 8.27. The zero-order valence-corrected chi connectivity index (χ0v) is 11.9. The number of aryl methyl sites for hydroxylation is 3. The van der Waals surface area contributed by atoms with Crippen LogP contribution in [-0.4, -0.2) is 5.11 Å². The number of hydrogen-bond acceptors (Lipinski definition) is 2. The smallest absolute Gasteiger partial charge is 0.130 e. The van der Waals surface area contributed by atoms with Gasteiger partial charge < -0.3 is 9.84 Å². The third-order valence-electron chi connectivity index (χ3n) is 3.48. The quantitative estimate of drug-likeness (QED) is 0.891. The van der Waals surface area contributed by atoms with Crippen LogP contribution in [0.15, 0.2) is 30.3 Å².